The van der Waals surface area contributed by atoms with Gasteiger partial charge in [-0.3, -0.25) is 4.79 Å². The third-order valence-electron chi connectivity index (χ3n) is 3.94. The second-order valence-electron chi connectivity index (χ2n) is 5.47. The van der Waals surface area contributed by atoms with Crippen LogP contribution in [0.25, 0.3) is 0 Å². The molecule has 0 spiro atoms. The van der Waals surface area contributed by atoms with Crippen LogP contribution < -0.4 is 0 Å². The zero-order valence-electron chi connectivity index (χ0n) is 11.9. The summed E-state index contributed by atoms with van der Waals surface area (Å²) in [7, 11) is -3.47. The lowest BCUT2D eigenvalue weighted by Crippen LogP contribution is -2.31. The summed E-state index contributed by atoms with van der Waals surface area (Å²) in [6.07, 6.45) is 4.53. The van der Waals surface area contributed by atoms with E-state index in [0.717, 1.165) is 16.7 Å². The second-order valence-corrected chi connectivity index (χ2v) is 7.41. The highest BCUT2D eigenvalue weighted by atomic mass is 32.2. The van der Waals surface area contributed by atoms with Crippen molar-refractivity contribution in [3.63, 3.8) is 0 Å². The van der Waals surface area contributed by atoms with E-state index in [0.29, 0.717) is 30.8 Å². The lowest BCUT2D eigenvalue weighted by atomic mass is 10.1. The van der Waals surface area contributed by atoms with Gasteiger partial charge in [0.2, 0.25) is 10.0 Å². The summed E-state index contributed by atoms with van der Waals surface area (Å²) in [6, 6.07) is 6.90. The number of hydrogen-bond acceptors (Lipinski definition) is 3. The molecule has 21 heavy (non-hydrogen) atoms. The van der Waals surface area contributed by atoms with Crippen LogP contribution in [0.3, 0.4) is 0 Å². The van der Waals surface area contributed by atoms with Gasteiger partial charge >= 0.3 is 0 Å². The van der Waals surface area contributed by atoms with Crippen molar-refractivity contribution >= 4 is 15.8 Å². The SMILES string of the molecule is Cc1ccc(S(=O)(=O)N2CC=C3CC(=O)C=C3CC2)cc1. The smallest absolute Gasteiger partial charge is 0.243 e. The molecular formula is C16H17NO3S. The van der Waals surface area contributed by atoms with E-state index in [1.54, 1.807) is 30.3 Å². The first kappa shape index (κ1) is 14.2. The Labute approximate surface area is 124 Å². The number of sulfonamides is 1. The molecule has 1 aliphatic carbocycles. The van der Waals surface area contributed by atoms with E-state index in [1.165, 1.54) is 4.31 Å². The molecule has 0 atom stereocenters. The maximum atomic E-state index is 12.6. The van der Waals surface area contributed by atoms with Crippen molar-refractivity contribution in [1.82, 2.24) is 4.31 Å². The quantitative estimate of drug-likeness (QED) is 0.842. The van der Waals surface area contributed by atoms with Gasteiger partial charge in [0.15, 0.2) is 5.78 Å². The van der Waals surface area contributed by atoms with Gasteiger partial charge in [-0.15, -0.1) is 0 Å². The number of hydrogen-bond donors (Lipinski definition) is 0. The van der Waals surface area contributed by atoms with Gasteiger partial charge in [-0.05, 0) is 42.7 Å². The van der Waals surface area contributed by atoms with Crippen molar-refractivity contribution in [2.24, 2.45) is 0 Å². The Morgan fingerprint density at radius 2 is 1.81 bits per heavy atom. The molecule has 0 radical (unpaired) electrons. The monoisotopic (exact) mass is 303 g/mol. The highest BCUT2D eigenvalue weighted by Gasteiger charge is 2.28. The summed E-state index contributed by atoms with van der Waals surface area (Å²) in [5.41, 5.74) is 3.01. The Morgan fingerprint density at radius 3 is 2.52 bits per heavy atom. The number of allylic oxidation sites excluding steroid dienone is 2. The standard InChI is InChI=1S/C16H17NO3S/c1-12-2-4-16(5-3-12)21(19,20)17-8-6-13-10-15(18)11-14(13)7-9-17/h2-6,11H,7-10H2,1H3. The predicted octanol–water partition coefficient (Wildman–Crippen LogP) is 2.22. The van der Waals surface area contributed by atoms with E-state index >= 15 is 0 Å². The molecule has 0 aromatic heterocycles. The Balaban J connectivity index is 1.87. The molecule has 3 rings (SSSR count). The molecule has 1 heterocycles. The lowest BCUT2D eigenvalue weighted by Gasteiger charge is -2.19. The molecule has 0 bridgehead atoms. The van der Waals surface area contributed by atoms with Gasteiger partial charge in [0.1, 0.15) is 0 Å². The fraction of sp³-hybridized carbons (Fsp3) is 0.312. The highest BCUT2D eigenvalue weighted by molar-refractivity contribution is 7.89. The summed E-state index contributed by atoms with van der Waals surface area (Å²) in [5, 5.41) is 0. The molecule has 0 saturated carbocycles. The highest BCUT2D eigenvalue weighted by Crippen LogP contribution is 2.29. The van der Waals surface area contributed by atoms with E-state index < -0.39 is 10.0 Å². The van der Waals surface area contributed by atoms with Gasteiger partial charge < -0.3 is 0 Å². The van der Waals surface area contributed by atoms with Crippen molar-refractivity contribution in [3.8, 4) is 0 Å². The third kappa shape index (κ3) is 2.71. The van der Waals surface area contributed by atoms with E-state index in [9.17, 15) is 13.2 Å². The molecule has 0 N–H and O–H groups in total. The van der Waals surface area contributed by atoms with Crippen LogP contribution in [0.5, 0.6) is 0 Å². The number of carbonyl (C=O) groups is 1. The fourth-order valence-electron chi connectivity index (χ4n) is 2.70. The predicted molar refractivity (Wildman–Crippen MR) is 80.3 cm³/mol. The number of benzene rings is 1. The number of ketones is 1. The first-order valence-electron chi connectivity index (χ1n) is 6.96. The average Bonchev–Trinajstić information content (AvgIpc) is 2.67. The van der Waals surface area contributed by atoms with Gasteiger partial charge in [0.05, 0.1) is 4.90 Å². The first-order valence-corrected chi connectivity index (χ1v) is 8.40. The summed E-state index contributed by atoms with van der Waals surface area (Å²) >= 11 is 0. The molecule has 2 aliphatic rings. The summed E-state index contributed by atoms with van der Waals surface area (Å²) in [5.74, 6) is 0.117. The van der Waals surface area contributed by atoms with Gasteiger partial charge in [-0.25, -0.2) is 8.42 Å². The van der Waals surface area contributed by atoms with Crippen molar-refractivity contribution in [2.45, 2.75) is 24.7 Å². The molecule has 1 aliphatic heterocycles. The topological polar surface area (TPSA) is 54.5 Å². The summed E-state index contributed by atoms with van der Waals surface area (Å²) in [4.78, 5) is 11.7. The molecular weight excluding hydrogens is 286 g/mol. The normalized spacial score (nSPS) is 19.8. The van der Waals surface area contributed by atoms with Crippen LogP contribution in [0.1, 0.15) is 18.4 Å². The first-order chi connectivity index (χ1) is 9.96. The van der Waals surface area contributed by atoms with Crippen LogP contribution in [0.2, 0.25) is 0 Å². The molecule has 0 saturated heterocycles. The minimum atomic E-state index is -3.47. The number of fused-ring (bicyclic) bond motifs is 1. The van der Waals surface area contributed by atoms with Crippen LogP contribution in [-0.4, -0.2) is 31.6 Å². The third-order valence-corrected chi connectivity index (χ3v) is 5.82. The Morgan fingerprint density at radius 1 is 1.10 bits per heavy atom. The van der Waals surface area contributed by atoms with Gasteiger partial charge in [-0.1, -0.05) is 23.8 Å². The zero-order chi connectivity index (χ0) is 15.0. The van der Waals surface area contributed by atoms with E-state index in [2.05, 4.69) is 0 Å². The van der Waals surface area contributed by atoms with Crippen molar-refractivity contribution in [3.05, 3.63) is 53.1 Å². The molecule has 1 aromatic carbocycles. The Bertz CT molecular complexity index is 742. The maximum Gasteiger partial charge on any atom is 0.243 e. The molecule has 4 nitrogen and oxygen atoms in total. The van der Waals surface area contributed by atoms with Crippen LogP contribution in [0.4, 0.5) is 0 Å². The molecule has 110 valence electrons. The van der Waals surface area contributed by atoms with Crippen LogP contribution >= 0.6 is 0 Å². The van der Waals surface area contributed by atoms with Gasteiger partial charge in [0.25, 0.3) is 0 Å². The van der Waals surface area contributed by atoms with Crippen molar-refractivity contribution in [1.29, 1.82) is 0 Å². The molecule has 0 fully saturated rings. The molecule has 1 aromatic rings. The Hall–Kier alpha value is -1.72. The van der Waals surface area contributed by atoms with Gasteiger partial charge in [0, 0.05) is 19.5 Å². The van der Waals surface area contributed by atoms with E-state index in [1.807, 2.05) is 13.0 Å². The number of carbonyl (C=O) groups excluding carboxylic acids is 1. The Kier molecular flexibility index (Phi) is 3.55. The number of nitrogens with zero attached hydrogens (tertiary/aromatic N) is 1. The van der Waals surface area contributed by atoms with Crippen LogP contribution in [0, 0.1) is 6.92 Å². The van der Waals surface area contributed by atoms with Crippen molar-refractivity contribution in [2.75, 3.05) is 13.1 Å². The van der Waals surface area contributed by atoms with Gasteiger partial charge in [-0.2, -0.15) is 4.31 Å². The van der Waals surface area contributed by atoms with Crippen molar-refractivity contribution < 1.29 is 13.2 Å². The van der Waals surface area contributed by atoms with E-state index in [-0.39, 0.29) is 5.78 Å². The maximum absolute atomic E-state index is 12.6. The second kappa shape index (κ2) is 5.24. The number of aryl methyl sites for hydroxylation is 1. The molecule has 0 amide bonds. The molecule has 5 heteroatoms. The zero-order valence-corrected chi connectivity index (χ0v) is 12.7. The van der Waals surface area contributed by atoms with E-state index in [4.69, 9.17) is 0 Å². The minimum absolute atomic E-state index is 0.117. The van der Waals surface area contributed by atoms with Crippen LogP contribution in [0.15, 0.2) is 52.5 Å². The fourth-order valence-corrected chi connectivity index (χ4v) is 4.08. The largest absolute Gasteiger partial charge is 0.294 e. The molecule has 0 unspecified atom stereocenters. The summed E-state index contributed by atoms with van der Waals surface area (Å²) in [6.45, 7) is 2.67. The average molecular weight is 303 g/mol. The minimum Gasteiger partial charge on any atom is -0.294 e. The van der Waals surface area contributed by atoms with Crippen LogP contribution in [-0.2, 0) is 14.8 Å². The summed E-state index contributed by atoms with van der Waals surface area (Å²) < 4.78 is 26.8. The number of rotatable bonds is 2. The lowest BCUT2D eigenvalue weighted by molar-refractivity contribution is -0.113.